The summed E-state index contributed by atoms with van der Waals surface area (Å²) in [5.74, 6) is -0.695. The van der Waals surface area contributed by atoms with Gasteiger partial charge in [-0.2, -0.15) is 13.2 Å². The number of nitrogens with one attached hydrogen (secondary N) is 2. The zero-order valence-electron chi connectivity index (χ0n) is 14.5. The standard InChI is InChI=1S/C16H22F3N3O3/c1-5-10(22-14(24)25-15(2,3)4)13(23)21-11-8-6-7-9(12(11)20)16(17,18)19/h6-8,10H,5,20H2,1-4H3,(H,21,23)(H,22,24). The molecule has 1 atom stereocenters. The van der Waals surface area contributed by atoms with Gasteiger partial charge in [0.15, 0.2) is 0 Å². The Labute approximate surface area is 143 Å². The molecule has 0 fully saturated rings. The van der Waals surface area contributed by atoms with Gasteiger partial charge in [0, 0.05) is 0 Å². The number of hydrogen-bond donors (Lipinski definition) is 3. The third-order valence-corrected chi connectivity index (χ3v) is 3.09. The number of anilines is 2. The van der Waals surface area contributed by atoms with E-state index < -0.39 is 41.1 Å². The number of alkyl carbamates (subject to hydrolysis) is 1. The SMILES string of the molecule is CCC(NC(=O)OC(C)(C)C)C(=O)Nc1cccc(C(F)(F)F)c1N. The number of hydrogen-bond acceptors (Lipinski definition) is 4. The first-order chi connectivity index (χ1) is 11.3. The molecule has 1 rings (SSSR count). The van der Waals surface area contributed by atoms with Crippen LogP contribution in [-0.2, 0) is 15.7 Å². The highest BCUT2D eigenvalue weighted by molar-refractivity contribution is 5.99. The van der Waals surface area contributed by atoms with Crippen molar-refractivity contribution in [3.8, 4) is 0 Å². The summed E-state index contributed by atoms with van der Waals surface area (Å²) < 4.78 is 43.6. The number of halogens is 3. The van der Waals surface area contributed by atoms with Crippen LogP contribution in [0.3, 0.4) is 0 Å². The van der Waals surface area contributed by atoms with Crippen molar-refractivity contribution in [3.05, 3.63) is 23.8 Å². The Kier molecular flexibility index (Phi) is 6.28. The summed E-state index contributed by atoms with van der Waals surface area (Å²) in [4.78, 5) is 24.0. The number of nitrogen functional groups attached to an aromatic ring is 1. The molecule has 0 saturated carbocycles. The fraction of sp³-hybridized carbons (Fsp3) is 0.500. The van der Waals surface area contributed by atoms with Crippen LogP contribution in [0.4, 0.5) is 29.3 Å². The largest absolute Gasteiger partial charge is 0.444 e. The lowest BCUT2D eigenvalue weighted by Gasteiger charge is -2.23. The lowest BCUT2D eigenvalue weighted by molar-refractivity contribution is -0.137. The van der Waals surface area contributed by atoms with Crippen LogP contribution in [0.25, 0.3) is 0 Å². The number of rotatable bonds is 4. The maximum atomic E-state index is 12.9. The van der Waals surface area contributed by atoms with E-state index >= 15 is 0 Å². The summed E-state index contributed by atoms with van der Waals surface area (Å²) in [7, 11) is 0. The van der Waals surface area contributed by atoms with E-state index in [1.54, 1.807) is 27.7 Å². The van der Waals surface area contributed by atoms with Crippen LogP contribution < -0.4 is 16.4 Å². The molecule has 0 bridgehead atoms. The minimum Gasteiger partial charge on any atom is -0.444 e. The van der Waals surface area contributed by atoms with E-state index in [9.17, 15) is 22.8 Å². The second kappa shape index (κ2) is 7.62. The predicted molar refractivity (Wildman–Crippen MR) is 87.9 cm³/mol. The molecule has 1 unspecified atom stereocenters. The van der Waals surface area contributed by atoms with Crippen LogP contribution in [-0.4, -0.2) is 23.6 Å². The van der Waals surface area contributed by atoms with Gasteiger partial charge in [-0.3, -0.25) is 4.79 Å². The highest BCUT2D eigenvalue weighted by Crippen LogP contribution is 2.36. The molecule has 140 valence electrons. The lowest BCUT2D eigenvalue weighted by Crippen LogP contribution is -2.45. The zero-order valence-corrected chi connectivity index (χ0v) is 14.5. The molecule has 1 aromatic rings. The molecule has 0 saturated heterocycles. The van der Waals surface area contributed by atoms with E-state index in [4.69, 9.17) is 10.5 Å². The Morgan fingerprint density at radius 2 is 1.84 bits per heavy atom. The van der Waals surface area contributed by atoms with Gasteiger partial charge < -0.3 is 21.1 Å². The normalized spacial score (nSPS) is 13.1. The average molecular weight is 361 g/mol. The first kappa shape index (κ1) is 20.6. The van der Waals surface area contributed by atoms with E-state index in [0.29, 0.717) is 0 Å². The van der Waals surface area contributed by atoms with Crippen molar-refractivity contribution < 1.29 is 27.5 Å². The smallest absolute Gasteiger partial charge is 0.418 e. The maximum absolute atomic E-state index is 12.9. The first-order valence-corrected chi connectivity index (χ1v) is 7.61. The fourth-order valence-electron chi connectivity index (χ4n) is 1.94. The van der Waals surface area contributed by atoms with Crippen molar-refractivity contribution in [1.82, 2.24) is 5.32 Å². The van der Waals surface area contributed by atoms with Gasteiger partial charge >= 0.3 is 12.3 Å². The summed E-state index contributed by atoms with van der Waals surface area (Å²) >= 11 is 0. The fourth-order valence-corrected chi connectivity index (χ4v) is 1.94. The van der Waals surface area contributed by atoms with Crippen LogP contribution in [0.2, 0.25) is 0 Å². The Balaban J connectivity index is 2.88. The predicted octanol–water partition coefficient (Wildman–Crippen LogP) is 3.53. The summed E-state index contributed by atoms with van der Waals surface area (Å²) in [5.41, 5.74) is 2.94. The van der Waals surface area contributed by atoms with E-state index in [1.165, 1.54) is 6.07 Å². The second-order valence-electron chi connectivity index (χ2n) is 6.36. The van der Waals surface area contributed by atoms with Gasteiger partial charge in [0.25, 0.3) is 0 Å². The molecule has 0 aromatic heterocycles. The second-order valence-corrected chi connectivity index (χ2v) is 6.36. The Morgan fingerprint density at radius 1 is 1.24 bits per heavy atom. The van der Waals surface area contributed by atoms with Gasteiger partial charge in [-0.15, -0.1) is 0 Å². The van der Waals surface area contributed by atoms with Crippen molar-refractivity contribution >= 4 is 23.4 Å². The maximum Gasteiger partial charge on any atom is 0.418 e. The van der Waals surface area contributed by atoms with Gasteiger partial charge in [-0.25, -0.2) is 4.79 Å². The van der Waals surface area contributed by atoms with Crippen molar-refractivity contribution in [2.24, 2.45) is 0 Å². The van der Waals surface area contributed by atoms with Gasteiger partial charge in [0.1, 0.15) is 11.6 Å². The van der Waals surface area contributed by atoms with Crippen LogP contribution >= 0.6 is 0 Å². The molecule has 0 aliphatic heterocycles. The Morgan fingerprint density at radius 3 is 2.32 bits per heavy atom. The Bertz CT molecular complexity index is 640. The van der Waals surface area contributed by atoms with Crippen LogP contribution in [0, 0.1) is 0 Å². The number of carbonyl (C=O) groups excluding carboxylic acids is 2. The van der Waals surface area contributed by atoms with Crippen LogP contribution in [0.5, 0.6) is 0 Å². The average Bonchev–Trinajstić information content (AvgIpc) is 2.43. The number of carbonyl (C=O) groups is 2. The van der Waals surface area contributed by atoms with Gasteiger partial charge in [-0.05, 0) is 39.3 Å². The van der Waals surface area contributed by atoms with Gasteiger partial charge in [-0.1, -0.05) is 13.0 Å². The number of alkyl halides is 3. The number of amides is 2. The molecule has 6 nitrogen and oxygen atoms in total. The first-order valence-electron chi connectivity index (χ1n) is 7.61. The minimum atomic E-state index is -4.64. The van der Waals surface area contributed by atoms with Crippen LogP contribution in [0.15, 0.2) is 18.2 Å². The van der Waals surface area contributed by atoms with Gasteiger partial charge in [0.2, 0.25) is 5.91 Å². The third kappa shape index (κ3) is 6.17. The molecule has 0 aliphatic carbocycles. The molecule has 0 aliphatic rings. The summed E-state index contributed by atoms with van der Waals surface area (Å²) in [6.45, 7) is 6.63. The number of benzene rings is 1. The van der Waals surface area contributed by atoms with Crippen molar-refractivity contribution in [3.63, 3.8) is 0 Å². The van der Waals surface area contributed by atoms with Crippen LogP contribution in [0.1, 0.15) is 39.7 Å². The number of para-hydroxylation sites is 1. The molecule has 0 spiro atoms. The molecule has 1 aromatic carbocycles. The van der Waals surface area contributed by atoms with Gasteiger partial charge in [0.05, 0.1) is 16.9 Å². The zero-order chi connectivity index (χ0) is 19.4. The number of ether oxygens (including phenoxy) is 1. The van der Waals surface area contributed by atoms with E-state index in [2.05, 4.69) is 10.6 Å². The lowest BCUT2D eigenvalue weighted by atomic mass is 10.1. The molecule has 9 heteroatoms. The summed E-state index contributed by atoms with van der Waals surface area (Å²) in [6, 6.07) is 2.23. The molecule has 2 amide bonds. The minimum absolute atomic E-state index is 0.177. The molecular formula is C16H22F3N3O3. The third-order valence-electron chi connectivity index (χ3n) is 3.09. The monoisotopic (exact) mass is 361 g/mol. The van der Waals surface area contributed by atoms with E-state index in [0.717, 1.165) is 12.1 Å². The summed E-state index contributed by atoms with van der Waals surface area (Å²) in [5, 5.41) is 4.68. The molecular weight excluding hydrogens is 339 g/mol. The van der Waals surface area contributed by atoms with Crippen molar-refractivity contribution in [2.45, 2.75) is 51.9 Å². The number of nitrogens with two attached hydrogens (primary N) is 1. The molecule has 0 radical (unpaired) electrons. The van der Waals surface area contributed by atoms with Crippen molar-refractivity contribution in [1.29, 1.82) is 0 Å². The quantitative estimate of drug-likeness (QED) is 0.715. The van der Waals surface area contributed by atoms with Crippen molar-refractivity contribution in [2.75, 3.05) is 11.1 Å². The molecule has 0 heterocycles. The topological polar surface area (TPSA) is 93.4 Å². The summed E-state index contributed by atoms with van der Waals surface area (Å²) in [6.07, 6.45) is -5.22. The molecule has 25 heavy (non-hydrogen) atoms. The highest BCUT2D eigenvalue weighted by atomic mass is 19.4. The highest BCUT2D eigenvalue weighted by Gasteiger charge is 2.34. The van der Waals surface area contributed by atoms with E-state index in [-0.39, 0.29) is 12.1 Å². The Hall–Kier alpha value is -2.45. The molecule has 4 N–H and O–H groups in total. The van der Waals surface area contributed by atoms with E-state index in [1.807, 2.05) is 0 Å².